The second-order valence-corrected chi connectivity index (χ2v) is 9.17. The second-order valence-electron chi connectivity index (χ2n) is 8.25. The third kappa shape index (κ3) is 5.68. The van der Waals surface area contributed by atoms with Crippen molar-refractivity contribution in [2.24, 2.45) is 0 Å². The average Bonchev–Trinajstić information content (AvgIpc) is 2.79. The van der Waals surface area contributed by atoms with Crippen LogP contribution in [-0.4, -0.2) is 65.3 Å². The van der Waals surface area contributed by atoms with Crippen molar-refractivity contribution in [3.8, 4) is 0 Å². The van der Waals surface area contributed by atoms with E-state index >= 15 is 0 Å². The van der Waals surface area contributed by atoms with Crippen molar-refractivity contribution in [1.29, 1.82) is 0 Å². The number of aryl methyl sites for hydroxylation is 2. The van der Waals surface area contributed by atoms with Crippen LogP contribution in [-0.2, 0) is 9.59 Å². The molecule has 2 amide bonds. The SMILES string of the molecule is Cc1ccc(N2CCN(C(=O)[C@H](O)[C@@H](O)C(=O)N[C@@H](C)c3ccc(Br)cc3)CC2)cc1C. The lowest BCUT2D eigenvalue weighted by molar-refractivity contribution is -0.153. The molecular weight excluding hydrogens is 474 g/mol. The molecule has 1 aliphatic rings. The van der Waals surface area contributed by atoms with Crippen LogP contribution < -0.4 is 10.2 Å². The number of amides is 2. The molecule has 3 atom stereocenters. The van der Waals surface area contributed by atoms with Crippen molar-refractivity contribution in [3.63, 3.8) is 0 Å². The van der Waals surface area contributed by atoms with Crippen molar-refractivity contribution >= 4 is 33.4 Å². The molecule has 0 spiro atoms. The summed E-state index contributed by atoms with van der Waals surface area (Å²) in [6, 6.07) is 13.3. The van der Waals surface area contributed by atoms with Gasteiger partial charge in [0.15, 0.2) is 12.2 Å². The molecular formula is C24H30BrN3O4. The summed E-state index contributed by atoms with van der Waals surface area (Å²) >= 11 is 3.36. The first-order chi connectivity index (χ1) is 15.2. The normalized spacial score (nSPS) is 16.9. The highest BCUT2D eigenvalue weighted by Gasteiger charge is 2.35. The number of carbonyl (C=O) groups excluding carboxylic acids is 2. The summed E-state index contributed by atoms with van der Waals surface area (Å²) in [6.45, 7) is 7.96. The van der Waals surface area contributed by atoms with Crippen LogP contribution in [0.15, 0.2) is 46.9 Å². The van der Waals surface area contributed by atoms with Crippen molar-refractivity contribution in [2.45, 2.75) is 39.0 Å². The molecule has 1 saturated heterocycles. The molecule has 0 aliphatic carbocycles. The van der Waals surface area contributed by atoms with Crippen LogP contribution in [0, 0.1) is 13.8 Å². The number of benzene rings is 2. The minimum Gasteiger partial charge on any atom is -0.380 e. The molecule has 2 aromatic rings. The summed E-state index contributed by atoms with van der Waals surface area (Å²) in [5.41, 5.74) is 4.38. The zero-order valence-electron chi connectivity index (χ0n) is 18.6. The van der Waals surface area contributed by atoms with E-state index in [2.05, 4.69) is 58.2 Å². The number of piperazine rings is 1. The zero-order valence-corrected chi connectivity index (χ0v) is 20.2. The molecule has 1 fully saturated rings. The number of carbonyl (C=O) groups is 2. The lowest BCUT2D eigenvalue weighted by Gasteiger charge is -2.37. The van der Waals surface area contributed by atoms with Gasteiger partial charge in [-0.2, -0.15) is 0 Å². The smallest absolute Gasteiger partial charge is 0.254 e. The van der Waals surface area contributed by atoms with E-state index in [1.165, 1.54) is 16.0 Å². The molecule has 8 heteroatoms. The Morgan fingerprint density at radius 3 is 2.16 bits per heavy atom. The van der Waals surface area contributed by atoms with E-state index < -0.39 is 24.0 Å². The molecule has 172 valence electrons. The number of hydrogen-bond acceptors (Lipinski definition) is 5. The van der Waals surface area contributed by atoms with Gasteiger partial charge in [-0.15, -0.1) is 0 Å². The van der Waals surface area contributed by atoms with Crippen LogP contribution in [0.1, 0.15) is 29.7 Å². The van der Waals surface area contributed by atoms with E-state index in [1.54, 1.807) is 6.92 Å². The van der Waals surface area contributed by atoms with Crippen LogP contribution in [0.4, 0.5) is 5.69 Å². The predicted molar refractivity (Wildman–Crippen MR) is 127 cm³/mol. The Kier molecular flexibility index (Phi) is 7.92. The van der Waals surface area contributed by atoms with Gasteiger partial charge in [0.2, 0.25) is 0 Å². The van der Waals surface area contributed by atoms with E-state index in [0.29, 0.717) is 26.2 Å². The zero-order chi connectivity index (χ0) is 23.4. The number of aliphatic hydroxyl groups excluding tert-OH is 2. The van der Waals surface area contributed by atoms with Crippen molar-refractivity contribution in [2.75, 3.05) is 31.1 Å². The molecule has 7 nitrogen and oxygen atoms in total. The van der Waals surface area contributed by atoms with E-state index in [-0.39, 0.29) is 6.04 Å². The van der Waals surface area contributed by atoms with Gasteiger partial charge < -0.3 is 25.3 Å². The lowest BCUT2D eigenvalue weighted by Crippen LogP contribution is -2.55. The summed E-state index contributed by atoms with van der Waals surface area (Å²) in [5.74, 6) is -1.42. The van der Waals surface area contributed by atoms with E-state index in [1.807, 2.05) is 24.3 Å². The Balaban J connectivity index is 1.53. The maximum atomic E-state index is 12.7. The molecule has 3 N–H and O–H groups in total. The maximum Gasteiger partial charge on any atom is 0.254 e. The summed E-state index contributed by atoms with van der Waals surface area (Å²) in [7, 11) is 0. The summed E-state index contributed by atoms with van der Waals surface area (Å²) in [6.07, 6.45) is -3.64. The number of rotatable bonds is 6. The van der Waals surface area contributed by atoms with Crippen LogP contribution in [0.25, 0.3) is 0 Å². The number of halogens is 1. The highest BCUT2D eigenvalue weighted by molar-refractivity contribution is 9.10. The minimum absolute atomic E-state index is 0.380. The number of anilines is 1. The topological polar surface area (TPSA) is 93.1 Å². The Morgan fingerprint density at radius 2 is 1.56 bits per heavy atom. The Bertz CT molecular complexity index is 958. The fourth-order valence-corrected chi connectivity index (χ4v) is 3.97. The molecule has 1 heterocycles. The van der Waals surface area contributed by atoms with Gasteiger partial charge in [0.1, 0.15) is 0 Å². The maximum absolute atomic E-state index is 12.7. The van der Waals surface area contributed by atoms with Crippen LogP contribution in [0.2, 0.25) is 0 Å². The quantitative estimate of drug-likeness (QED) is 0.562. The van der Waals surface area contributed by atoms with Gasteiger partial charge in [0, 0.05) is 36.3 Å². The fourth-order valence-electron chi connectivity index (χ4n) is 3.71. The monoisotopic (exact) mass is 503 g/mol. The highest BCUT2D eigenvalue weighted by atomic mass is 79.9. The molecule has 32 heavy (non-hydrogen) atoms. The van der Waals surface area contributed by atoms with Gasteiger partial charge in [-0.1, -0.05) is 34.1 Å². The van der Waals surface area contributed by atoms with Crippen molar-refractivity contribution < 1.29 is 19.8 Å². The van der Waals surface area contributed by atoms with Crippen LogP contribution in [0.5, 0.6) is 0 Å². The van der Waals surface area contributed by atoms with Gasteiger partial charge in [-0.3, -0.25) is 9.59 Å². The first-order valence-electron chi connectivity index (χ1n) is 10.7. The molecule has 0 bridgehead atoms. The molecule has 1 aliphatic heterocycles. The summed E-state index contributed by atoms with van der Waals surface area (Å²) < 4.78 is 0.915. The summed E-state index contributed by atoms with van der Waals surface area (Å²) in [4.78, 5) is 28.8. The molecule has 0 radical (unpaired) electrons. The van der Waals surface area contributed by atoms with Gasteiger partial charge in [-0.05, 0) is 61.7 Å². The van der Waals surface area contributed by atoms with E-state index in [9.17, 15) is 19.8 Å². The first-order valence-corrected chi connectivity index (χ1v) is 11.5. The van der Waals surface area contributed by atoms with E-state index in [0.717, 1.165) is 15.7 Å². The van der Waals surface area contributed by atoms with Gasteiger partial charge in [-0.25, -0.2) is 0 Å². The average molecular weight is 504 g/mol. The van der Waals surface area contributed by atoms with E-state index in [4.69, 9.17) is 0 Å². The lowest BCUT2D eigenvalue weighted by atomic mass is 10.1. The molecule has 2 aromatic carbocycles. The molecule has 0 aromatic heterocycles. The number of nitrogens with zero attached hydrogens (tertiary/aromatic N) is 2. The summed E-state index contributed by atoms with van der Waals surface area (Å²) in [5, 5.41) is 23.3. The first kappa shape index (κ1) is 24.2. The minimum atomic E-state index is -1.84. The highest BCUT2D eigenvalue weighted by Crippen LogP contribution is 2.21. The third-order valence-corrected chi connectivity index (χ3v) is 6.53. The standard InChI is InChI=1S/C24H30BrN3O4/c1-15-4-9-20(14-16(15)2)27-10-12-28(13-11-27)24(32)22(30)21(29)23(31)26-17(3)18-5-7-19(25)8-6-18/h4-9,14,17,21-22,29-30H,10-13H2,1-3H3,(H,26,31)/t17-,21+,22+/m0/s1. The van der Waals surface area contributed by atoms with Crippen molar-refractivity contribution in [1.82, 2.24) is 10.2 Å². The van der Waals surface area contributed by atoms with Crippen LogP contribution in [0.3, 0.4) is 0 Å². The Morgan fingerprint density at radius 1 is 0.938 bits per heavy atom. The van der Waals surface area contributed by atoms with Crippen LogP contribution >= 0.6 is 15.9 Å². The van der Waals surface area contributed by atoms with Gasteiger partial charge in [0.25, 0.3) is 11.8 Å². The largest absolute Gasteiger partial charge is 0.380 e. The molecule has 3 rings (SSSR count). The molecule has 0 saturated carbocycles. The van der Waals surface area contributed by atoms with Crippen molar-refractivity contribution in [3.05, 3.63) is 63.6 Å². The van der Waals surface area contributed by atoms with Gasteiger partial charge >= 0.3 is 0 Å². The second kappa shape index (κ2) is 10.5. The number of nitrogens with one attached hydrogen (secondary N) is 1. The molecule has 0 unspecified atom stereocenters. The predicted octanol–water partition coefficient (Wildman–Crippen LogP) is 2.31. The Labute approximate surface area is 197 Å². The number of hydrogen-bond donors (Lipinski definition) is 3. The third-order valence-electron chi connectivity index (χ3n) is 6.00. The van der Waals surface area contributed by atoms with Gasteiger partial charge in [0.05, 0.1) is 6.04 Å². The number of aliphatic hydroxyl groups is 2. The fraction of sp³-hybridized carbons (Fsp3) is 0.417. The Hall–Kier alpha value is -2.42.